The summed E-state index contributed by atoms with van der Waals surface area (Å²) in [5, 5.41) is 3.01. The van der Waals surface area contributed by atoms with E-state index in [1.54, 1.807) is 25.6 Å². The van der Waals surface area contributed by atoms with Crippen LogP contribution in [0.15, 0.2) is 48.9 Å². The van der Waals surface area contributed by atoms with Crippen molar-refractivity contribution >= 4 is 11.6 Å². The largest absolute Gasteiger partial charge is 0.493 e. The number of hydrogen-bond acceptors (Lipinski definition) is 4. The van der Waals surface area contributed by atoms with Gasteiger partial charge in [-0.1, -0.05) is 13.0 Å². The van der Waals surface area contributed by atoms with Gasteiger partial charge in [0.05, 0.1) is 25.3 Å². The Hall–Kier alpha value is -3.02. The number of benzene rings is 1. The molecule has 3 aromatic rings. The lowest BCUT2D eigenvalue weighted by Gasteiger charge is -2.17. The summed E-state index contributed by atoms with van der Waals surface area (Å²) in [5.41, 5.74) is 2.34. The molecule has 6 heteroatoms. The summed E-state index contributed by atoms with van der Waals surface area (Å²) in [6.45, 7) is 4.63. The number of aromatic nitrogens is 2. The van der Waals surface area contributed by atoms with E-state index >= 15 is 0 Å². The van der Waals surface area contributed by atoms with Crippen LogP contribution >= 0.6 is 0 Å². The first kappa shape index (κ1) is 17.8. The SMILES string of the molecule is CCCOc1ccc(C(C)NC(=O)c2ccc3nccn3c2)cc1OC. The second kappa shape index (κ2) is 7.91. The van der Waals surface area contributed by atoms with E-state index in [-0.39, 0.29) is 11.9 Å². The number of carbonyl (C=O) groups excluding carboxylic acids is 1. The predicted molar refractivity (Wildman–Crippen MR) is 99.9 cm³/mol. The lowest BCUT2D eigenvalue weighted by molar-refractivity contribution is 0.0939. The standard InChI is InChI=1S/C20H23N3O3/c1-4-11-26-17-7-5-15(12-18(17)25-3)14(2)22-20(24)16-6-8-19-21-9-10-23(19)13-16/h5-10,12-14H,4,11H2,1-3H3,(H,22,24). The zero-order valence-electron chi connectivity index (χ0n) is 15.2. The summed E-state index contributed by atoms with van der Waals surface area (Å²) in [7, 11) is 1.61. The molecule has 0 bridgehead atoms. The number of carbonyl (C=O) groups is 1. The number of rotatable bonds is 7. The minimum absolute atomic E-state index is 0.140. The van der Waals surface area contributed by atoms with Gasteiger partial charge < -0.3 is 19.2 Å². The van der Waals surface area contributed by atoms with E-state index in [1.807, 2.05) is 41.8 Å². The molecule has 3 rings (SSSR count). The quantitative estimate of drug-likeness (QED) is 0.704. The van der Waals surface area contributed by atoms with Crippen molar-refractivity contribution in [1.29, 1.82) is 0 Å². The molecule has 1 unspecified atom stereocenters. The van der Waals surface area contributed by atoms with Crippen molar-refractivity contribution in [3.05, 3.63) is 60.0 Å². The van der Waals surface area contributed by atoms with Gasteiger partial charge in [0.2, 0.25) is 0 Å². The van der Waals surface area contributed by atoms with Crippen molar-refractivity contribution in [3.8, 4) is 11.5 Å². The van der Waals surface area contributed by atoms with Crippen LogP contribution in [0.3, 0.4) is 0 Å². The van der Waals surface area contributed by atoms with Crippen LogP contribution in [0, 0.1) is 0 Å². The third-order valence-electron chi connectivity index (χ3n) is 4.15. The van der Waals surface area contributed by atoms with Crippen LogP contribution in [0.2, 0.25) is 0 Å². The van der Waals surface area contributed by atoms with E-state index in [2.05, 4.69) is 17.2 Å². The van der Waals surface area contributed by atoms with Gasteiger partial charge in [0.25, 0.3) is 5.91 Å². The van der Waals surface area contributed by atoms with Crippen LogP contribution in [-0.4, -0.2) is 29.0 Å². The Morgan fingerprint density at radius 3 is 2.88 bits per heavy atom. The number of nitrogens with one attached hydrogen (secondary N) is 1. The first-order valence-corrected chi connectivity index (χ1v) is 8.66. The van der Waals surface area contributed by atoms with Crippen molar-refractivity contribution < 1.29 is 14.3 Å². The molecule has 2 aromatic heterocycles. The predicted octanol–water partition coefficient (Wildman–Crippen LogP) is 3.62. The molecule has 0 aliphatic heterocycles. The van der Waals surface area contributed by atoms with Crippen LogP contribution in [0.25, 0.3) is 5.65 Å². The highest BCUT2D eigenvalue weighted by atomic mass is 16.5. The Morgan fingerprint density at radius 2 is 2.12 bits per heavy atom. The summed E-state index contributed by atoms with van der Waals surface area (Å²) in [6, 6.07) is 9.14. The normalized spacial score (nSPS) is 12.0. The van der Waals surface area contributed by atoms with Crippen molar-refractivity contribution in [2.45, 2.75) is 26.3 Å². The Morgan fingerprint density at radius 1 is 1.27 bits per heavy atom. The lowest BCUT2D eigenvalue weighted by atomic mass is 10.1. The Balaban J connectivity index is 1.74. The smallest absolute Gasteiger partial charge is 0.253 e. The molecular formula is C20H23N3O3. The number of ether oxygens (including phenoxy) is 2. The molecule has 0 spiro atoms. The first-order valence-electron chi connectivity index (χ1n) is 8.66. The van der Waals surface area contributed by atoms with E-state index in [0.717, 1.165) is 17.6 Å². The zero-order chi connectivity index (χ0) is 18.5. The molecule has 6 nitrogen and oxygen atoms in total. The number of amides is 1. The van der Waals surface area contributed by atoms with Crippen LogP contribution in [-0.2, 0) is 0 Å². The van der Waals surface area contributed by atoms with Crippen molar-refractivity contribution in [2.24, 2.45) is 0 Å². The van der Waals surface area contributed by atoms with Gasteiger partial charge >= 0.3 is 0 Å². The number of hydrogen-bond donors (Lipinski definition) is 1. The number of fused-ring (bicyclic) bond motifs is 1. The second-order valence-electron chi connectivity index (χ2n) is 6.06. The van der Waals surface area contributed by atoms with Gasteiger partial charge in [-0.05, 0) is 43.2 Å². The third-order valence-corrected chi connectivity index (χ3v) is 4.15. The van der Waals surface area contributed by atoms with Gasteiger partial charge in [-0.3, -0.25) is 4.79 Å². The number of pyridine rings is 1. The third kappa shape index (κ3) is 3.79. The van der Waals surface area contributed by atoms with E-state index in [0.29, 0.717) is 23.7 Å². The molecule has 2 heterocycles. The molecule has 0 fully saturated rings. The maximum atomic E-state index is 12.6. The lowest BCUT2D eigenvalue weighted by Crippen LogP contribution is -2.26. The summed E-state index contributed by atoms with van der Waals surface area (Å²) in [5.74, 6) is 1.23. The van der Waals surface area contributed by atoms with Gasteiger partial charge in [-0.25, -0.2) is 4.98 Å². The maximum absolute atomic E-state index is 12.6. The molecule has 0 saturated carbocycles. The molecule has 1 N–H and O–H groups in total. The van der Waals surface area contributed by atoms with Crippen molar-refractivity contribution in [1.82, 2.24) is 14.7 Å². The summed E-state index contributed by atoms with van der Waals surface area (Å²) >= 11 is 0. The van der Waals surface area contributed by atoms with Crippen molar-refractivity contribution in [3.63, 3.8) is 0 Å². The molecule has 1 aromatic carbocycles. The fourth-order valence-electron chi connectivity index (χ4n) is 2.70. The number of nitrogens with zero attached hydrogens (tertiary/aromatic N) is 2. The number of methoxy groups -OCH3 is 1. The fraction of sp³-hybridized carbons (Fsp3) is 0.300. The van der Waals surface area contributed by atoms with Crippen LogP contribution < -0.4 is 14.8 Å². The fourth-order valence-corrected chi connectivity index (χ4v) is 2.70. The minimum atomic E-state index is -0.171. The number of imidazole rings is 1. The summed E-state index contributed by atoms with van der Waals surface area (Å²) < 4.78 is 12.9. The highest BCUT2D eigenvalue weighted by Crippen LogP contribution is 2.30. The molecule has 0 radical (unpaired) electrons. The Bertz CT molecular complexity index is 904. The zero-order valence-corrected chi connectivity index (χ0v) is 15.2. The maximum Gasteiger partial charge on any atom is 0.253 e. The van der Waals surface area contributed by atoms with Gasteiger partial charge in [-0.2, -0.15) is 0 Å². The van der Waals surface area contributed by atoms with E-state index in [4.69, 9.17) is 9.47 Å². The van der Waals surface area contributed by atoms with E-state index < -0.39 is 0 Å². The van der Waals surface area contributed by atoms with Gasteiger partial charge in [-0.15, -0.1) is 0 Å². The average Bonchev–Trinajstić information content (AvgIpc) is 3.13. The minimum Gasteiger partial charge on any atom is -0.493 e. The molecule has 0 aliphatic carbocycles. The van der Waals surface area contributed by atoms with Crippen LogP contribution in [0.1, 0.15) is 42.2 Å². The average molecular weight is 353 g/mol. The highest BCUT2D eigenvalue weighted by Gasteiger charge is 2.14. The molecule has 26 heavy (non-hydrogen) atoms. The van der Waals surface area contributed by atoms with Crippen LogP contribution in [0.5, 0.6) is 11.5 Å². The highest BCUT2D eigenvalue weighted by molar-refractivity contribution is 5.94. The molecule has 1 atom stereocenters. The Kier molecular flexibility index (Phi) is 5.41. The second-order valence-corrected chi connectivity index (χ2v) is 6.06. The van der Waals surface area contributed by atoms with Crippen molar-refractivity contribution in [2.75, 3.05) is 13.7 Å². The van der Waals surface area contributed by atoms with E-state index in [9.17, 15) is 4.79 Å². The van der Waals surface area contributed by atoms with Crippen LogP contribution in [0.4, 0.5) is 0 Å². The Labute approximate surface area is 152 Å². The summed E-state index contributed by atoms with van der Waals surface area (Å²) in [6.07, 6.45) is 6.22. The topological polar surface area (TPSA) is 64.9 Å². The molecule has 0 aliphatic rings. The summed E-state index contributed by atoms with van der Waals surface area (Å²) in [4.78, 5) is 16.7. The van der Waals surface area contributed by atoms with E-state index in [1.165, 1.54) is 0 Å². The molecule has 0 saturated heterocycles. The first-order chi connectivity index (χ1) is 12.6. The van der Waals surface area contributed by atoms with Gasteiger partial charge in [0.1, 0.15) is 5.65 Å². The molecule has 1 amide bonds. The monoisotopic (exact) mass is 353 g/mol. The van der Waals surface area contributed by atoms with Gasteiger partial charge in [0, 0.05) is 18.6 Å². The molecular weight excluding hydrogens is 330 g/mol. The molecule has 136 valence electrons. The van der Waals surface area contributed by atoms with Gasteiger partial charge in [0.15, 0.2) is 11.5 Å².